The number of hydrogen-bond donors (Lipinski definition) is 1. The first-order chi connectivity index (χ1) is 9.85. The normalized spacial score (nSPS) is 13.3. The molecule has 0 spiro atoms. The number of benzene rings is 1. The minimum atomic E-state index is 0.580. The molecule has 5 heteroatoms. The smallest absolute Gasteiger partial charge is 0.203 e. The molecular formula is C15H23NO3S. The molecule has 20 heavy (non-hydrogen) atoms. The second-order valence-corrected chi connectivity index (χ2v) is 5.68. The van der Waals surface area contributed by atoms with E-state index < -0.39 is 0 Å². The Morgan fingerprint density at radius 2 is 2.10 bits per heavy atom. The molecule has 0 aromatic heterocycles. The molecule has 0 saturated heterocycles. The molecule has 0 fully saturated rings. The lowest BCUT2D eigenvalue weighted by molar-refractivity contribution is 0.165. The fourth-order valence-corrected chi connectivity index (χ4v) is 2.65. The van der Waals surface area contributed by atoms with E-state index in [1.165, 1.54) is 18.6 Å². The van der Waals surface area contributed by atoms with Gasteiger partial charge in [0, 0.05) is 6.54 Å². The van der Waals surface area contributed by atoms with Crippen molar-refractivity contribution in [2.45, 2.75) is 19.4 Å². The van der Waals surface area contributed by atoms with E-state index in [1.54, 1.807) is 7.11 Å². The number of rotatable bonds is 8. The van der Waals surface area contributed by atoms with Crippen LogP contribution in [0.5, 0.6) is 17.2 Å². The van der Waals surface area contributed by atoms with Crippen molar-refractivity contribution in [3.63, 3.8) is 0 Å². The van der Waals surface area contributed by atoms with Crippen LogP contribution in [0.25, 0.3) is 0 Å². The largest absolute Gasteiger partial charge is 0.493 e. The first kappa shape index (κ1) is 15.3. The van der Waals surface area contributed by atoms with E-state index >= 15 is 0 Å². The maximum atomic E-state index is 5.63. The van der Waals surface area contributed by atoms with Gasteiger partial charge in [0.1, 0.15) is 13.2 Å². The van der Waals surface area contributed by atoms with Gasteiger partial charge in [-0.2, -0.15) is 11.8 Å². The predicted octanol–water partition coefficient (Wildman–Crippen LogP) is 2.70. The van der Waals surface area contributed by atoms with Gasteiger partial charge in [0.25, 0.3) is 0 Å². The molecule has 0 unspecified atom stereocenters. The van der Waals surface area contributed by atoms with Crippen molar-refractivity contribution in [2.24, 2.45) is 0 Å². The summed E-state index contributed by atoms with van der Waals surface area (Å²) in [4.78, 5) is 0. The highest BCUT2D eigenvalue weighted by molar-refractivity contribution is 7.98. The zero-order valence-corrected chi connectivity index (χ0v) is 13.1. The van der Waals surface area contributed by atoms with E-state index in [0.29, 0.717) is 13.2 Å². The Morgan fingerprint density at radius 3 is 2.90 bits per heavy atom. The molecule has 0 saturated carbocycles. The SMILES string of the molecule is COc1cc(CNCCCCSC)cc2c1OCCO2. The highest BCUT2D eigenvalue weighted by atomic mass is 32.2. The summed E-state index contributed by atoms with van der Waals surface area (Å²) >= 11 is 1.90. The van der Waals surface area contributed by atoms with Gasteiger partial charge in [0.05, 0.1) is 7.11 Å². The van der Waals surface area contributed by atoms with Crippen molar-refractivity contribution in [1.29, 1.82) is 0 Å². The van der Waals surface area contributed by atoms with Gasteiger partial charge in [-0.15, -0.1) is 0 Å². The summed E-state index contributed by atoms with van der Waals surface area (Å²) in [7, 11) is 1.66. The summed E-state index contributed by atoms with van der Waals surface area (Å²) in [5.41, 5.74) is 1.16. The van der Waals surface area contributed by atoms with Gasteiger partial charge in [-0.3, -0.25) is 0 Å². The molecule has 1 aliphatic heterocycles. The van der Waals surface area contributed by atoms with Crippen molar-refractivity contribution >= 4 is 11.8 Å². The summed E-state index contributed by atoms with van der Waals surface area (Å²) < 4.78 is 16.6. The van der Waals surface area contributed by atoms with Gasteiger partial charge in [-0.25, -0.2) is 0 Å². The summed E-state index contributed by atoms with van der Waals surface area (Å²) in [6, 6.07) is 4.05. The molecule has 0 bridgehead atoms. The Hall–Kier alpha value is -1.07. The van der Waals surface area contributed by atoms with E-state index in [4.69, 9.17) is 14.2 Å². The molecule has 0 amide bonds. The lowest BCUT2D eigenvalue weighted by Crippen LogP contribution is -2.18. The number of nitrogens with one attached hydrogen (secondary N) is 1. The van der Waals surface area contributed by atoms with E-state index in [1.807, 2.05) is 23.9 Å². The predicted molar refractivity (Wildman–Crippen MR) is 83.3 cm³/mol. The van der Waals surface area contributed by atoms with Crippen LogP contribution in [0.3, 0.4) is 0 Å². The quantitative estimate of drug-likeness (QED) is 0.747. The van der Waals surface area contributed by atoms with Crippen LogP contribution < -0.4 is 19.5 Å². The molecule has 0 radical (unpaired) electrons. The standard InChI is InChI=1S/C15H23NO3S/c1-17-13-9-12(11-16-5-3-4-8-20-2)10-14-15(13)19-7-6-18-14/h9-10,16H,3-8,11H2,1-2H3. The van der Waals surface area contributed by atoms with Crippen LogP contribution in [0.15, 0.2) is 12.1 Å². The van der Waals surface area contributed by atoms with Crippen molar-refractivity contribution in [3.8, 4) is 17.2 Å². The summed E-state index contributed by atoms with van der Waals surface area (Å²) in [6.07, 6.45) is 4.62. The molecule has 1 aromatic carbocycles. The van der Waals surface area contributed by atoms with Crippen LogP contribution in [0.2, 0.25) is 0 Å². The Kier molecular flexibility index (Phi) is 6.33. The van der Waals surface area contributed by atoms with Crippen LogP contribution in [0.4, 0.5) is 0 Å². The number of hydrogen-bond acceptors (Lipinski definition) is 5. The lowest BCUT2D eigenvalue weighted by atomic mass is 10.1. The molecular weight excluding hydrogens is 274 g/mol. The van der Waals surface area contributed by atoms with Gasteiger partial charge in [0.2, 0.25) is 5.75 Å². The van der Waals surface area contributed by atoms with Crippen LogP contribution in [0.1, 0.15) is 18.4 Å². The number of thioether (sulfide) groups is 1. The first-order valence-corrected chi connectivity index (χ1v) is 8.40. The zero-order valence-electron chi connectivity index (χ0n) is 12.2. The molecule has 1 aromatic rings. The van der Waals surface area contributed by atoms with E-state index in [2.05, 4.69) is 11.6 Å². The maximum absolute atomic E-state index is 5.63. The van der Waals surface area contributed by atoms with E-state index in [-0.39, 0.29) is 0 Å². The summed E-state index contributed by atoms with van der Waals surface area (Å²) in [5.74, 6) is 3.50. The van der Waals surface area contributed by atoms with Crippen molar-refractivity contribution in [2.75, 3.05) is 38.9 Å². The highest BCUT2D eigenvalue weighted by Crippen LogP contribution is 2.40. The second kappa shape index (κ2) is 8.27. The summed E-state index contributed by atoms with van der Waals surface area (Å²) in [5, 5.41) is 3.46. The number of unbranched alkanes of at least 4 members (excludes halogenated alkanes) is 1. The molecule has 1 N–H and O–H groups in total. The second-order valence-electron chi connectivity index (χ2n) is 4.70. The molecule has 0 atom stereocenters. The number of fused-ring (bicyclic) bond motifs is 1. The average Bonchev–Trinajstić information content (AvgIpc) is 2.50. The van der Waals surface area contributed by atoms with Crippen molar-refractivity contribution in [3.05, 3.63) is 17.7 Å². The minimum absolute atomic E-state index is 0.580. The summed E-state index contributed by atoms with van der Waals surface area (Å²) in [6.45, 7) is 3.04. The van der Waals surface area contributed by atoms with Gasteiger partial charge in [-0.1, -0.05) is 0 Å². The Labute approximate surface area is 125 Å². The molecule has 1 heterocycles. The fraction of sp³-hybridized carbons (Fsp3) is 0.600. The van der Waals surface area contributed by atoms with E-state index in [0.717, 1.165) is 35.9 Å². The third-order valence-corrected chi connectivity index (χ3v) is 3.87. The van der Waals surface area contributed by atoms with Gasteiger partial charge >= 0.3 is 0 Å². The molecule has 112 valence electrons. The van der Waals surface area contributed by atoms with Crippen LogP contribution in [-0.4, -0.2) is 38.9 Å². The molecule has 4 nitrogen and oxygen atoms in total. The lowest BCUT2D eigenvalue weighted by Gasteiger charge is -2.21. The molecule has 2 rings (SSSR count). The van der Waals surface area contributed by atoms with Gasteiger partial charge < -0.3 is 19.5 Å². The number of ether oxygens (including phenoxy) is 3. The first-order valence-electron chi connectivity index (χ1n) is 7.01. The van der Waals surface area contributed by atoms with Crippen LogP contribution in [0, 0.1) is 0 Å². The molecule has 1 aliphatic rings. The minimum Gasteiger partial charge on any atom is -0.493 e. The van der Waals surface area contributed by atoms with Crippen molar-refractivity contribution in [1.82, 2.24) is 5.32 Å². The van der Waals surface area contributed by atoms with Gasteiger partial charge in [-0.05, 0) is 49.1 Å². The van der Waals surface area contributed by atoms with Gasteiger partial charge in [0.15, 0.2) is 11.5 Å². The van der Waals surface area contributed by atoms with E-state index in [9.17, 15) is 0 Å². The van der Waals surface area contributed by atoms with Crippen LogP contribution >= 0.6 is 11.8 Å². The maximum Gasteiger partial charge on any atom is 0.203 e. The highest BCUT2D eigenvalue weighted by Gasteiger charge is 2.18. The van der Waals surface area contributed by atoms with Crippen molar-refractivity contribution < 1.29 is 14.2 Å². The zero-order chi connectivity index (χ0) is 14.2. The monoisotopic (exact) mass is 297 g/mol. The average molecular weight is 297 g/mol. The number of methoxy groups -OCH3 is 1. The molecule has 0 aliphatic carbocycles. The fourth-order valence-electron chi connectivity index (χ4n) is 2.16. The Morgan fingerprint density at radius 1 is 1.25 bits per heavy atom. The Bertz CT molecular complexity index is 409. The topological polar surface area (TPSA) is 39.7 Å². The Balaban J connectivity index is 1.88. The third-order valence-electron chi connectivity index (χ3n) is 3.17. The van der Waals surface area contributed by atoms with Crippen LogP contribution in [-0.2, 0) is 6.54 Å². The third kappa shape index (κ3) is 4.21.